The number of carbonyl (C=O) groups is 1. The van der Waals surface area contributed by atoms with Gasteiger partial charge in [0.05, 0.1) is 7.11 Å². The Morgan fingerprint density at radius 3 is 2.50 bits per heavy atom. The van der Waals surface area contributed by atoms with E-state index in [0.717, 1.165) is 48.4 Å². The molecule has 0 aromatic heterocycles. The molecule has 1 saturated heterocycles. The highest BCUT2D eigenvalue weighted by atomic mass is 16.5. The Hall–Kier alpha value is -1.55. The van der Waals surface area contributed by atoms with Crippen LogP contribution in [0.4, 0.5) is 0 Å². The van der Waals surface area contributed by atoms with E-state index in [4.69, 9.17) is 4.74 Å². The molecule has 0 radical (unpaired) electrons. The minimum atomic E-state index is 0.0385. The number of benzene rings is 1. The van der Waals surface area contributed by atoms with Crippen molar-refractivity contribution in [2.45, 2.75) is 45.6 Å². The molecule has 0 aliphatic carbocycles. The summed E-state index contributed by atoms with van der Waals surface area (Å²) in [5.41, 5.74) is 2.82. The lowest BCUT2D eigenvalue weighted by molar-refractivity contribution is 0.0916. The zero-order valence-electron chi connectivity index (χ0n) is 14.4. The number of piperidine rings is 1. The second kappa shape index (κ2) is 7.14. The number of ether oxygens (including phenoxy) is 1. The standard InChI is InChI=1S/C18H28N2O2/c1-12(2)15-11-16(13(3)10-17(15)22-5)18(21)19-14-6-8-20(4)9-7-14/h10-12,14H,6-9H2,1-5H3,(H,19,21). The van der Waals surface area contributed by atoms with Gasteiger partial charge in [0.25, 0.3) is 5.91 Å². The summed E-state index contributed by atoms with van der Waals surface area (Å²) in [6.07, 6.45) is 2.04. The lowest BCUT2D eigenvalue weighted by Gasteiger charge is -2.29. The van der Waals surface area contributed by atoms with Crippen molar-refractivity contribution in [3.63, 3.8) is 0 Å². The Morgan fingerprint density at radius 1 is 1.32 bits per heavy atom. The Kier molecular flexibility index (Phi) is 5.46. The van der Waals surface area contributed by atoms with Crippen LogP contribution < -0.4 is 10.1 Å². The molecular formula is C18H28N2O2. The number of carbonyl (C=O) groups excluding carboxylic acids is 1. The molecule has 0 saturated carbocycles. The third kappa shape index (κ3) is 3.80. The van der Waals surface area contributed by atoms with E-state index in [0.29, 0.717) is 5.92 Å². The minimum Gasteiger partial charge on any atom is -0.496 e. The molecule has 1 aliphatic rings. The summed E-state index contributed by atoms with van der Waals surface area (Å²) < 4.78 is 5.45. The van der Waals surface area contributed by atoms with Gasteiger partial charge in [0, 0.05) is 11.6 Å². The molecule has 1 heterocycles. The van der Waals surface area contributed by atoms with E-state index in [9.17, 15) is 4.79 Å². The third-order valence-electron chi connectivity index (χ3n) is 4.50. The van der Waals surface area contributed by atoms with Gasteiger partial charge in [0.15, 0.2) is 0 Å². The first-order valence-corrected chi connectivity index (χ1v) is 8.10. The summed E-state index contributed by atoms with van der Waals surface area (Å²) in [6.45, 7) is 8.29. The Labute approximate surface area is 133 Å². The van der Waals surface area contributed by atoms with E-state index in [2.05, 4.69) is 31.1 Å². The maximum absolute atomic E-state index is 12.6. The number of aryl methyl sites for hydroxylation is 1. The Morgan fingerprint density at radius 2 is 1.95 bits per heavy atom. The van der Waals surface area contributed by atoms with Crippen molar-refractivity contribution in [3.8, 4) is 5.75 Å². The summed E-state index contributed by atoms with van der Waals surface area (Å²) in [5.74, 6) is 1.23. The molecule has 0 bridgehead atoms. The molecule has 4 nitrogen and oxygen atoms in total. The molecular weight excluding hydrogens is 276 g/mol. The van der Waals surface area contributed by atoms with Crippen LogP contribution in [0.5, 0.6) is 5.75 Å². The van der Waals surface area contributed by atoms with Crippen LogP contribution in [0.3, 0.4) is 0 Å². The highest BCUT2D eigenvalue weighted by Crippen LogP contribution is 2.29. The Bertz CT molecular complexity index is 532. The van der Waals surface area contributed by atoms with Gasteiger partial charge >= 0.3 is 0 Å². The lowest BCUT2D eigenvalue weighted by Crippen LogP contribution is -2.43. The van der Waals surface area contributed by atoms with Gasteiger partial charge in [0.1, 0.15) is 5.75 Å². The monoisotopic (exact) mass is 304 g/mol. The van der Waals surface area contributed by atoms with E-state index in [1.54, 1.807) is 7.11 Å². The fraction of sp³-hybridized carbons (Fsp3) is 0.611. The largest absolute Gasteiger partial charge is 0.496 e. The minimum absolute atomic E-state index is 0.0385. The van der Waals surface area contributed by atoms with Crippen LogP contribution in [-0.4, -0.2) is 44.1 Å². The van der Waals surface area contributed by atoms with Crippen molar-refractivity contribution in [1.82, 2.24) is 10.2 Å². The molecule has 4 heteroatoms. The fourth-order valence-corrected chi connectivity index (χ4v) is 2.99. The number of hydrogen-bond donors (Lipinski definition) is 1. The number of methoxy groups -OCH3 is 1. The van der Waals surface area contributed by atoms with Gasteiger partial charge in [-0.1, -0.05) is 13.8 Å². The van der Waals surface area contributed by atoms with Crippen LogP contribution in [0.25, 0.3) is 0 Å². The smallest absolute Gasteiger partial charge is 0.251 e. The van der Waals surface area contributed by atoms with Crippen LogP contribution in [0, 0.1) is 6.92 Å². The van der Waals surface area contributed by atoms with Crippen molar-refractivity contribution >= 4 is 5.91 Å². The average Bonchev–Trinajstić information content (AvgIpc) is 2.48. The SMILES string of the molecule is COc1cc(C)c(C(=O)NC2CCN(C)CC2)cc1C(C)C. The molecule has 1 fully saturated rings. The number of likely N-dealkylation sites (tertiary alicyclic amines) is 1. The van der Waals surface area contributed by atoms with Crippen LogP contribution >= 0.6 is 0 Å². The molecule has 0 spiro atoms. The average molecular weight is 304 g/mol. The van der Waals surface area contributed by atoms with Gasteiger partial charge in [-0.05, 0) is 69.1 Å². The molecule has 1 aromatic carbocycles. The van der Waals surface area contributed by atoms with Crippen LogP contribution in [0.15, 0.2) is 12.1 Å². The van der Waals surface area contributed by atoms with E-state index in [1.807, 2.05) is 19.1 Å². The quantitative estimate of drug-likeness (QED) is 0.930. The molecule has 22 heavy (non-hydrogen) atoms. The number of amides is 1. The molecule has 1 N–H and O–H groups in total. The van der Waals surface area contributed by atoms with Crippen molar-refractivity contribution in [1.29, 1.82) is 0 Å². The molecule has 1 amide bonds. The maximum atomic E-state index is 12.6. The van der Waals surface area contributed by atoms with E-state index in [-0.39, 0.29) is 11.9 Å². The number of hydrogen-bond acceptors (Lipinski definition) is 3. The van der Waals surface area contributed by atoms with Crippen LogP contribution in [0.1, 0.15) is 54.1 Å². The van der Waals surface area contributed by atoms with Crippen molar-refractivity contribution in [2.24, 2.45) is 0 Å². The molecule has 0 unspecified atom stereocenters. The summed E-state index contributed by atoms with van der Waals surface area (Å²) in [7, 11) is 3.81. The van der Waals surface area contributed by atoms with Gasteiger partial charge < -0.3 is 15.0 Å². The van der Waals surface area contributed by atoms with Crippen molar-refractivity contribution in [3.05, 3.63) is 28.8 Å². The third-order valence-corrected chi connectivity index (χ3v) is 4.50. The molecule has 1 aromatic rings. The van der Waals surface area contributed by atoms with Crippen LogP contribution in [-0.2, 0) is 0 Å². The lowest BCUT2D eigenvalue weighted by atomic mass is 9.95. The van der Waals surface area contributed by atoms with E-state index >= 15 is 0 Å². The van der Waals surface area contributed by atoms with Crippen molar-refractivity contribution in [2.75, 3.05) is 27.2 Å². The van der Waals surface area contributed by atoms with Gasteiger partial charge in [0.2, 0.25) is 0 Å². The number of nitrogens with one attached hydrogen (secondary N) is 1. The van der Waals surface area contributed by atoms with Gasteiger partial charge in [-0.15, -0.1) is 0 Å². The van der Waals surface area contributed by atoms with Gasteiger partial charge in [-0.3, -0.25) is 4.79 Å². The van der Waals surface area contributed by atoms with Gasteiger partial charge in [-0.2, -0.15) is 0 Å². The topological polar surface area (TPSA) is 41.6 Å². The van der Waals surface area contributed by atoms with E-state index in [1.165, 1.54) is 0 Å². The zero-order chi connectivity index (χ0) is 16.3. The maximum Gasteiger partial charge on any atom is 0.251 e. The van der Waals surface area contributed by atoms with Crippen LogP contribution in [0.2, 0.25) is 0 Å². The van der Waals surface area contributed by atoms with E-state index < -0.39 is 0 Å². The fourth-order valence-electron chi connectivity index (χ4n) is 2.99. The summed E-state index contributed by atoms with van der Waals surface area (Å²) in [5, 5.41) is 3.19. The zero-order valence-corrected chi connectivity index (χ0v) is 14.4. The highest BCUT2D eigenvalue weighted by molar-refractivity contribution is 5.96. The van der Waals surface area contributed by atoms with Gasteiger partial charge in [-0.25, -0.2) is 0 Å². The molecule has 122 valence electrons. The summed E-state index contributed by atoms with van der Waals surface area (Å²) >= 11 is 0. The highest BCUT2D eigenvalue weighted by Gasteiger charge is 2.21. The number of rotatable bonds is 4. The predicted molar refractivity (Wildman–Crippen MR) is 89.8 cm³/mol. The molecule has 0 atom stereocenters. The first-order chi connectivity index (χ1) is 10.4. The summed E-state index contributed by atoms with van der Waals surface area (Å²) in [6, 6.07) is 4.25. The summed E-state index contributed by atoms with van der Waals surface area (Å²) in [4.78, 5) is 14.9. The molecule has 2 rings (SSSR count). The second-order valence-electron chi connectivity index (χ2n) is 6.61. The first kappa shape index (κ1) is 16.8. The normalized spacial score (nSPS) is 16.8. The second-order valence-corrected chi connectivity index (χ2v) is 6.61. The van der Waals surface area contributed by atoms with Crippen molar-refractivity contribution < 1.29 is 9.53 Å². The predicted octanol–water partition coefficient (Wildman–Crippen LogP) is 2.95. The Balaban J connectivity index is 2.17. The number of nitrogens with zero attached hydrogens (tertiary/aromatic N) is 1. The molecule has 1 aliphatic heterocycles. The first-order valence-electron chi connectivity index (χ1n) is 8.10.